The number of rotatable bonds is 13. The number of carbonyl (C=O) groups is 4. The number of nitrogens with zero attached hydrogens (tertiary/aromatic N) is 7. The van der Waals surface area contributed by atoms with E-state index in [0.717, 1.165) is 56.6 Å². The van der Waals surface area contributed by atoms with Crippen LogP contribution in [0.15, 0.2) is 60.9 Å². The monoisotopic (exact) mass is 832 g/mol. The highest BCUT2D eigenvalue weighted by Gasteiger charge is 2.39. The Morgan fingerprint density at radius 3 is 2.67 bits per heavy atom. The maximum absolute atomic E-state index is 14.2. The summed E-state index contributed by atoms with van der Waals surface area (Å²) in [4.78, 5) is 76.3. The number of imidazole rings is 2. The number of imide groups is 1. The first-order valence-corrected chi connectivity index (χ1v) is 20.5. The quantitative estimate of drug-likeness (QED) is 0.0776. The van der Waals surface area contributed by atoms with Gasteiger partial charge in [0.25, 0.3) is 5.91 Å². The van der Waals surface area contributed by atoms with E-state index in [-0.39, 0.29) is 36.5 Å². The zero-order valence-electron chi connectivity index (χ0n) is 32.6. The average molecular weight is 833 g/mol. The molecule has 1 atom stereocenters. The minimum absolute atomic E-state index is 0.162. The van der Waals surface area contributed by atoms with Gasteiger partial charge in [0, 0.05) is 51.1 Å². The molecule has 18 heteroatoms. The number of H-pyrrole nitrogens is 1. The lowest BCUT2D eigenvalue weighted by molar-refractivity contribution is -0.137. The molecule has 6 heterocycles. The Bertz CT molecular complexity index is 2660. The number of anilines is 3. The summed E-state index contributed by atoms with van der Waals surface area (Å²) in [6, 6.07) is 14.8. The summed E-state index contributed by atoms with van der Waals surface area (Å²) in [6.07, 6.45) is 5.46. The van der Waals surface area contributed by atoms with Crippen molar-refractivity contribution in [2.45, 2.75) is 64.1 Å². The van der Waals surface area contributed by atoms with Crippen LogP contribution in [-0.4, -0.2) is 90.2 Å². The van der Waals surface area contributed by atoms with Crippen LogP contribution in [0.4, 0.5) is 21.8 Å². The Balaban J connectivity index is 0.811. The highest BCUT2D eigenvalue weighted by Crippen LogP contribution is 2.32. The highest BCUT2D eigenvalue weighted by atomic mass is 35.5. The summed E-state index contributed by atoms with van der Waals surface area (Å²) in [5, 5.41) is 12.4. The van der Waals surface area contributed by atoms with E-state index in [0.29, 0.717) is 87.6 Å². The van der Waals surface area contributed by atoms with E-state index in [4.69, 9.17) is 26.6 Å². The molecule has 1 unspecified atom stereocenters. The topological polar surface area (TPSA) is 195 Å². The predicted molar refractivity (Wildman–Crippen MR) is 223 cm³/mol. The van der Waals surface area contributed by atoms with Gasteiger partial charge in [-0.05, 0) is 73.2 Å². The molecule has 0 spiro atoms. The van der Waals surface area contributed by atoms with Crippen molar-refractivity contribution in [3.05, 3.63) is 94.3 Å². The van der Waals surface area contributed by atoms with Crippen molar-refractivity contribution in [1.82, 2.24) is 45.0 Å². The smallest absolute Gasteiger partial charge is 0.255 e. The Morgan fingerprint density at radius 2 is 1.83 bits per heavy atom. The summed E-state index contributed by atoms with van der Waals surface area (Å²) in [7, 11) is 0. The van der Waals surface area contributed by atoms with Gasteiger partial charge in [-0.1, -0.05) is 36.2 Å². The van der Waals surface area contributed by atoms with E-state index in [1.807, 2.05) is 12.1 Å². The molecule has 308 valence electrons. The van der Waals surface area contributed by atoms with Gasteiger partial charge < -0.3 is 30.7 Å². The number of carbonyl (C=O) groups excluding carboxylic acids is 4. The third-order valence-corrected chi connectivity index (χ3v) is 11.5. The summed E-state index contributed by atoms with van der Waals surface area (Å²) < 4.78 is 15.9. The number of hydrogen-bond acceptors (Lipinski definition) is 11. The number of benzene rings is 3. The number of unbranched alkanes of at least 4 members (excludes halogenated alkanes) is 2. The van der Waals surface area contributed by atoms with Crippen LogP contribution >= 0.6 is 11.6 Å². The molecule has 0 aliphatic carbocycles. The molecule has 5 N–H and O–H groups in total. The fourth-order valence-electron chi connectivity index (χ4n) is 8.14. The van der Waals surface area contributed by atoms with Crippen molar-refractivity contribution in [2.75, 3.05) is 41.7 Å². The van der Waals surface area contributed by atoms with E-state index in [9.17, 15) is 23.6 Å². The van der Waals surface area contributed by atoms with E-state index in [1.165, 1.54) is 12.1 Å². The maximum Gasteiger partial charge on any atom is 0.255 e. The highest BCUT2D eigenvalue weighted by molar-refractivity contribution is 6.34. The van der Waals surface area contributed by atoms with E-state index in [1.54, 1.807) is 46.1 Å². The molecule has 9 rings (SSSR count). The molecule has 0 radical (unpaired) electrons. The second kappa shape index (κ2) is 16.7. The van der Waals surface area contributed by atoms with Gasteiger partial charge in [-0.3, -0.25) is 29.1 Å². The van der Waals surface area contributed by atoms with Gasteiger partial charge in [-0.2, -0.15) is 9.97 Å². The minimum Gasteiger partial charge on any atom is -0.361 e. The number of aromatic nitrogens is 6. The second-order valence-corrected chi connectivity index (χ2v) is 15.6. The molecule has 2 saturated heterocycles. The van der Waals surface area contributed by atoms with Crippen LogP contribution < -0.4 is 26.2 Å². The number of piperidine rings is 1. The number of amides is 4. The molecule has 0 bridgehead atoms. The molecule has 16 nitrogen and oxygen atoms in total. The fraction of sp³-hybridized carbons (Fsp3) is 0.333. The van der Waals surface area contributed by atoms with Crippen LogP contribution in [0.5, 0.6) is 0 Å². The van der Waals surface area contributed by atoms with Crippen LogP contribution in [0.25, 0.3) is 27.9 Å². The Kier molecular flexibility index (Phi) is 10.8. The summed E-state index contributed by atoms with van der Waals surface area (Å²) >= 11 is 6.63. The van der Waals surface area contributed by atoms with Crippen LogP contribution in [0.1, 0.15) is 65.8 Å². The number of piperazine rings is 1. The van der Waals surface area contributed by atoms with Gasteiger partial charge in [-0.15, -0.1) is 0 Å². The maximum atomic E-state index is 14.2. The Morgan fingerprint density at radius 1 is 0.983 bits per heavy atom. The third kappa shape index (κ3) is 7.97. The number of fused-ring (bicyclic) bond motifs is 3. The Labute approximate surface area is 348 Å². The fourth-order valence-corrected chi connectivity index (χ4v) is 8.35. The van der Waals surface area contributed by atoms with Crippen LogP contribution in [-0.2, 0) is 33.9 Å². The lowest BCUT2D eigenvalue weighted by atomic mass is 9.98. The molecular formula is C42H42ClFN12O4. The van der Waals surface area contributed by atoms with Gasteiger partial charge in [-0.25, -0.2) is 14.4 Å². The number of hydrogen-bond donors (Lipinski definition) is 5. The number of halogens is 2. The second-order valence-electron chi connectivity index (χ2n) is 15.2. The van der Waals surface area contributed by atoms with Crippen LogP contribution in [0.3, 0.4) is 0 Å². The normalized spacial score (nSPS) is 16.8. The SMILES string of the molecule is O=C1CCC(N2Cc3c(CCCCCC(=O)Nc4cc5nc(CNc6nc(N7CCNCC7)nc7c6ncn7-c6cccc(F)c6)[nH]c5cc4Cl)cccc3C2=O)C(=O)N1. The first-order valence-electron chi connectivity index (χ1n) is 20.1. The zero-order chi connectivity index (χ0) is 41.3. The predicted octanol–water partition coefficient (Wildman–Crippen LogP) is 5.01. The van der Waals surface area contributed by atoms with Gasteiger partial charge in [0.15, 0.2) is 17.0 Å². The van der Waals surface area contributed by atoms with E-state index in [2.05, 4.69) is 36.1 Å². The van der Waals surface area contributed by atoms with Gasteiger partial charge >= 0.3 is 0 Å². The van der Waals surface area contributed by atoms with Crippen molar-refractivity contribution in [2.24, 2.45) is 0 Å². The van der Waals surface area contributed by atoms with Crippen molar-refractivity contribution in [1.29, 1.82) is 0 Å². The molecule has 3 aromatic heterocycles. The number of aromatic amines is 1. The van der Waals surface area contributed by atoms with Gasteiger partial charge in [0.05, 0.1) is 34.0 Å². The van der Waals surface area contributed by atoms with Gasteiger partial charge in [0.2, 0.25) is 23.7 Å². The summed E-state index contributed by atoms with van der Waals surface area (Å²) in [5.74, 6) is 0.216. The standard InChI is InChI=1S/C42H42ClFN12O4/c43-29-19-31-32(20-30(29)50-35(57)11-3-1-2-6-24-7-4-10-27-28(24)22-55(41(27)60)33-12-13-36(58)51-40(33)59)49-34(48-31)21-46-38-37-39(53-42(52-38)54-16-14-45-15-17-54)56(23-47-37)26-9-5-8-25(44)18-26/h4-5,7-10,18-20,23,33,45H,1-3,6,11-17,21-22H2,(H,48,49)(H,50,57)(H,46,52,53)(H,51,58,59). The minimum atomic E-state index is -0.651. The first kappa shape index (κ1) is 39.0. The van der Waals surface area contributed by atoms with E-state index >= 15 is 0 Å². The van der Waals surface area contributed by atoms with Crippen molar-refractivity contribution in [3.63, 3.8) is 0 Å². The molecule has 60 heavy (non-hydrogen) atoms. The molecule has 4 amide bonds. The molecule has 3 aliphatic heterocycles. The molecule has 2 fully saturated rings. The zero-order valence-corrected chi connectivity index (χ0v) is 33.3. The van der Waals surface area contributed by atoms with Crippen LogP contribution in [0.2, 0.25) is 5.02 Å². The molecular weight excluding hydrogens is 791 g/mol. The molecule has 3 aromatic carbocycles. The van der Waals surface area contributed by atoms with Crippen molar-refractivity contribution >= 4 is 74.9 Å². The number of nitrogens with one attached hydrogen (secondary N) is 5. The lowest BCUT2D eigenvalue weighted by Gasteiger charge is -2.29. The lowest BCUT2D eigenvalue weighted by Crippen LogP contribution is -2.52. The average Bonchev–Trinajstić information content (AvgIpc) is 3.95. The summed E-state index contributed by atoms with van der Waals surface area (Å²) in [6.45, 7) is 3.68. The van der Waals surface area contributed by atoms with Crippen LogP contribution in [0, 0.1) is 5.82 Å². The first-order chi connectivity index (χ1) is 29.2. The molecule has 6 aromatic rings. The largest absolute Gasteiger partial charge is 0.361 e. The van der Waals surface area contributed by atoms with Gasteiger partial charge in [0.1, 0.15) is 24.0 Å². The van der Waals surface area contributed by atoms with E-state index < -0.39 is 11.9 Å². The van der Waals surface area contributed by atoms with Crippen molar-refractivity contribution in [3.8, 4) is 5.69 Å². The van der Waals surface area contributed by atoms with Crippen molar-refractivity contribution < 1.29 is 23.6 Å². The number of aryl methyl sites for hydroxylation is 1. The molecule has 0 saturated carbocycles. The summed E-state index contributed by atoms with van der Waals surface area (Å²) in [5.41, 5.74) is 6.04. The Hall–Kier alpha value is -6.46. The third-order valence-electron chi connectivity index (χ3n) is 11.2. The molecule has 3 aliphatic rings.